The molecule has 1 saturated carbocycles. The lowest BCUT2D eigenvalue weighted by Gasteiger charge is -2.40. The summed E-state index contributed by atoms with van der Waals surface area (Å²) in [5.74, 6) is 0.505. The molecule has 14 heavy (non-hydrogen) atoms. The van der Waals surface area contributed by atoms with Crippen molar-refractivity contribution >= 4 is 0 Å². The van der Waals surface area contributed by atoms with Crippen molar-refractivity contribution in [3.05, 3.63) is 0 Å². The summed E-state index contributed by atoms with van der Waals surface area (Å²) < 4.78 is 0. The Morgan fingerprint density at radius 1 is 1.29 bits per heavy atom. The van der Waals surface area contributed by atoms with Crippen LogP contribution in [0.1, 0.15) is 52.9 Å². The van der Waals surface area contributed by atoms with Gasteiger partial charge >= 0.3 is 0 Å². The van der Waals surface area contributed by atoms with Crippen molar-refractivity contribution < 1.29 is 10.2 Å². The highest BCUT2D eigenvalue weighted by Gasteiger charge is 2.34. The maximum Gasteiger partial charge on any atom is 0.0597 e. The molecule has 0 heterocycles. The van der Waals surface area contributed by atoms with Crippen molar-refractivity contribution in [2.24, 2.45) is 11.3 Å². The number of aliphatic hydroxyl groups excluding tert-OH is 1. The summed E-state index contributed by atoms with van der Waals surface area (Å²) in [7, 11) is 0. The molecule has 2 nitrogen and oxygen atoms in total. The fourth-order valence-corrected chi connectivity index (χ4v) is 2.78. The van der Waals surface area contributed by atoms with E-state index < -0.39 is 5.60 Å². The molecule has 1 fully saturated rings. The zero-order valence-electron chi connectivity index (χ0n) is 9.71. The highest BCUT2D eigenvalue weighted by molar-refractivity contribution is 4.86. The molecule has 0 saturated heterocycles. The molecule has 1 aliphatic carbocycles. The molecule has 0 radical (unpaired) electrons. The first-order chi connectivity index (χ1) is 6.35. The van der Waals surface area contributed by atoms with Crippen LogP contribution in [0.5, 0.6) is 0 Å². The standard InChI is InChI=1S/C12H24O2/c1-11(2,14)9-12(3)6-4-10(8-13)5-7-12/h10,13-14H,4-9H2,1-3H3. The van der Waals surface area contributed by atoms with Gasteiger partial charge in [0.05, 0.1) is 5.60 Å². The van der Waals surface area contributed by atoms with E-state index in [0.29, 0.717) is 12.5 Å². The van der Waals surface area contributed by atoms with Crippen LogP contribution in [0.2, 0.25) is 0 Å². The molecule has 0 atom stereocenters. The summed E-state index contributed by atoms with van der Waals surface area (Å²) in [5.41, 5.74) is -0.273. The molecule has 1 aliphatic rings. The summed E-state index contributed by atoms with van der Waals surface area (Å²) in [6.45, 7) is 6.37. The zero-order valence-corrected chi connectivity index (χ0v) is 9.71. The molecule has 0 bridgehead atoms. The first kappa shape index (κ1) is 12.0. The molecule has 0 aliphatic heterocycles. The van der Waals surface area contributed by atoms with E-state index in [1.54, 1.807) is 0 Å². The smallest absolute Gasteiger partial charge is 0.0597 e. The van der Waals surface area contributed by atoms with E-state index in [4.69, 9.17) is 5.11 Å². The molecule has 0 aromatic carbocycles. The molecule has 0 aromatic heterocycles. The third-order valence-electron chi connectivity index (χ3n) is 3.43. The first-order valence-corrected chi connectivity index (χ1v) is 5.68. The first-order valence-electron chi connectivity index (χ1n) is 5.68. The average Bonchev–Trinajstić information content (AvgIpc) is 2.01. The van der Waals surface area contributed by atoms with Crippen LogP contribution in [0, 0.1) is 11.3 Å². The molecule has 0 amide bonds. The third-order valence-corrected chi connectivity index (χ3v) is 3.43. The SMILES string of the molecule is CC(C)(O)CC1(C)CCC(CO)CC1. The Bertz CT molecular complexity index is 173. The van der Waals surface area contributed by atoms with Crippen LogP contribution in [-0.2, 0) is 0 Å². The predicted octanol–water partition coefficient (Wildman–Crippen LogP) is 2.34. The van der Waals surface area contributed by atoms with E-state index in [1.165, 1.54) is 0 Å². The Balaban J connectivity index is 2.45. The van der Waals surface area contributed by atoms with Crippen molar-refractivity contribution in [1.82, 2.24) is 0 Å². The Kier molecular flexibility index (Phi) is 3.59. The molecule has 0 spiro atoms. The summed E-state index contributed by atoms with van der Waals surface area (Å²) in [6.07, 6.45) is 5.38. The lowest BCUT2D eigenvalue weighted by atomic mass is 9.67. The lowest BCUT2D eigenvalue weighted by Crippen LogP contribution is -2.34. The van der Waals surface area contributed by atoms with Crippen LogP contribution in [0.25, 0.3) is 0 Å². The van der Waals surface area contributed by atoms with E-state index in [2.05, 4.69) is 6.92 Å². The van der Waals surface area contributed by atoms with Gasteiger partial charge in [0.15, 0.2) is 0 Å². The maximum absolute atomic E-state index is 9.81. The van der Waals surface area contributed by atoms with Gasteiger partial charge in [-0.2, -0.15) is 0 Å². The lowest BCUT2D eigenvalue weighted by molar-refractivity contribution is 0.00287. The van der Waals surface area contributed by atoms with Crippen molar-refractivity contribution in [3.63, 3.8) is 0 Å². The predicted molar refractivity (Wildman–Crippen MR) is 58.1 cm³/mol. The van der Waals surface area contributed by atoms with Gasteiger partial charge in [0, 0.05) is 6.61 Å². The van der Waals surface area contributed by atoms with Crippen LogP contribution in [0.15, 0.2) is 0 Å². The average molecular weight is 200 g/mol. The fraction of sp³-hybridized carbons (Fsp3) is 1.00. The van der Waals surface area contributed by atoms with Crippen LogP contribution in [-0.4, -0.2) is 22.4 Å². The highest BCUT2D eigenvalue weighted by atomic mass is 16.3. The van der Waals surface area contributed by atoms with Gasteiger partial charge in [-0.1, -0.05) is 6.92 Å². The quantitative estimate of drug-likeness (QED) is 0.734. The minimum atomic E-state index is -0.555. The second-order valence-electron chi connectivity index (χ2n) is 5.93. The minimum absolute atomic E-state index is 0.282. The molecule has 84 valence electrons. The summed E-state index contributed by atoms with van der Waals surface area (Å²) in [6, 6.07) is 0. The van der Waals surface area contributed by atoms with Crippen LogP contribution in [0.3, 0.4) is 0 Å². The zero-order chi connectivity index (χ0) is 10.8. The van der Waals surface area contributed by atoms with E-state index in [9.17, 15) is 5.11 Å². The molecular formula is C12H24O2. The normalized spacial score (nSPS) is 34.5. The number of rotatable bonds is 3. The van der Waals surface area contributed by atoms with Crippen LogP contribution >= 0.6 is 0 Å². The number of hydrogen-bond donors (Lipinski definition) is 2. The van der Waals surface area contributed by atoms with Gasteiger partial charge in [-0.05, 0) is 57.3 Å². The Morgan fingerprint density at radius 2 is 1.79 bits per heavy atom. The van der Waals surface area contributed by atoms with Gasteiger partial charge in [0.1, 0.15) is 0 Å². The molecular weight excluding hydrogens is 176 g/mol. The largest absolute Gasteiger partial charge is 0.396 e. The maximum atomic E-state index is 9.81. The Hall–Kier alpha value is -0.0800. The topological polar surface area (TPSA) is 40.5 Å². The Morgan fingerprint density at radius 3 is 2.14 bits per heavy atom. The second kappa shape index (κ2) is 4.19. The highest BCUT2D eigenvalue weighted by Crippen LogP contribution is 2.43. The second-order valence-corrected chi connectivity index (χ2v) is 5.93. The van der Waals surface area contributed by atoms with E-state index >= 15 is 0 Å². The number of hydrogen-bond acceptors (Lipinski definition) is 2. The van der Waals surface area contributed by atoms with Crippen LogP contribution < -0.4 is 0 Å². The molecule has 0 aromatic rings. The molecule has 0 unspecified atom stereocenters. The molecule has 2 heteroatoms. The van der Waals surface area contributed by atoms with Crippen molar-refractivity contribution in [2.75, 3.05) is 6.61 Å². The Labute approximate surface area is 87.3 Å². The van der Waals surface area contributed by atoms with Gasteiger partial charge < -0.3 is 10.2 Å². The van der Waals surface area contributed by atoms with Crippen molar-refractivity contribution in [2.45, 2.75) is 58.5 Å². The van der Waals surface area contributed by atoms with Crippen molar-refractivity contribution in [1.29, 1.82) is 0 Å². The summed E-state index contributed by atoms with van der Waals surface area (Å²) in [5, 5.41) is 18.9. The minimum Gasteiger partial charge on any atom is -0.396 e. The van der Waals surface area contributed by atoms with Gasteiger partial charge in [-0.3, -0.25) is 0 Å². The fourth-order valence-electron chi connectivity index (χ4n) is 2.78. The van der Waals surface area contributed by atoms with Gasteiger partial charge in [0.2, 0.25) is 0 Å². The molecule has 2 N–H and O–H groups in total. The summed E-state index contributed by atoms with van der Waals surface area (Å²) >= 11 is 0. The molecule has 1 rings (SSSR count). The summed E-state index contributed by atoms with van der Waals surface area (Å²) in [4.78, 5) is 0. The van der Waals surface area contributed by atoms with Gasteiger partial charge in [-0.25, -0.2) is 0 Å². The van der Waals surface area contributed by atoms with Crippen LogP contribution in [0.4, 0.5) is 0 Å². The van der Waals surface area contributed by atoms with E-state index in [-0.39, 0.29) is 5.41 Å². The van der Waals surface area contributed by atoms with E-state index in [0.717, 1.165) is 32.1 Å². The third kappa shape index (κ3) is 3.58. The van der Waals surface area contributed by atoms with E-state index in [1.807, 2.05) is 13.8 Å². The number of aliphatic hydroxyl groups is 2. The van der Waals surface area contributed by atoms with Crippen molar-refractivity contribution in [3.8, 4) is 0 Å². The monoisotopic (exact) mass is 200 g/mol. The van der Waals surface area contributed by atoms with Gasteiger partial charge in [0.25, 0.3) is 0 Å². The van der Waals surface area contributed by atoms with Gasteiger partial charge in [-0.15, -0.1) is 0 Å².